The number of anilines is 3. The van der Waals surface area contributed by atoms with Crippen molar-refractivity contribution in [2.75, 3.05) is 49.7 Å². The Bertz CT molecular complexity index is 897. The van der Waals surface area contributed by atoms with Crippen molar-refractivity contribution in [3.8, 4) is 5.75 Å². The van der Waals surface area contributed by atoms with Crippen LogP contribution in [0.4, 0.5) is 17.5 Å². The summed E-state index contributed by atoms with van der Waals surface area (Å²) in [5, 5.41) is 3.26. The largest absolute Gasteiger partial charge is 0.492 e. The third-order valence-electron chi connectivity index (χ3n) is 5.86. The van der Waals surface area contributed by atoms with Gasteiger partial charge in [-0.3, -0.25) is 14.6 Å². The zero-order valence-corrected chi connectivity index (χ0v) is 18.3. The van der Waals surface area contributed by atoms with Gasteiger partial charge in [-0.2, -0.15) is 4.98 Å². The minimum atomic E-state index is 0.103. The molecule has 0 unspecified atom stereocenters. The molecule has 166 valence electrons. The molecule has 31 heavy (non-hydrogen) atoms. The van der Waals surface area contributed by atoms with Crippen LogP contribution in [0.25, 0.3) is 0 Å². The predicted octanol–water partition coefficient (Wildman–Crippen LogP) is 3.01. The molecule has 0 radical (unpaired) electrons. The molecular weight excluding hydrogens is 394 g/mol. The first-order valence-electron chi connectivity index (χ1n) is 11.2. The average Bonchev–Trinajstić information content (AvgIpc) is 3.11. The van der Waals surface area contributed by atoms with E-state index in [2.05, 4.69) is 34.0 Å². The van der Waals surface area contributed by atoms with Gasteiger partial charge in [0, 0.05) is 49.2 Å². The summed E-state index contributed by atoms with van der Waals surface area (Å²) in [7, 11) is 0. The number of amides is 1. The zero-order valence-electron chi connectivity index (χ0n) is 18.3. The molecule has 0 atom stereocenters. The molecule has 2 aromatic rings. The number of hydrogen-bond donors (Lipinski definition) is 1. The Hall–Kier alpha value is -2.71. The van der Waals surface area contributed by atoms with Gasteiger partial charge in [0.05, 0.1) is 19.6 Å². The lowest BCUT2D eigenvalue weighted by Gasteiger charge is -2.26. The molecule has 1 saturated heterocycles. The van der Waals surface area contributed by atoms with Gasteiger partial charge in [-0.05, 0) is 25.0 Å². The highest BCUT2D eigenvalue weighted by Crippen LogP contribution is 2.31. The summed E-state index contributed by atoms with van der Waals surface area (Å²) < 4.78 is 11.3. The number of benzene rings is 1. The molecule has 3 heterocycles. The third kappa shape index (κ3) is 5.14. The van der Waals surface area contributed by atoms with Gasteiger partial charge in [0.15, 0.2) is 0 Å². The molecule has 4 rings (SSSR count). The number of hydrogen-bond acceptors (Lipinski definition) is 7. The van der Waals surface area contributed by atoms with Crippen LogP contribution >= 0.6 is 0 Å². The van der Waals surface area contributed by atoms with Crippen molar-refractivity contribution in [2.45, 2.75) is 39.2 Å². The number of carbonyl (C=O) groups excluding carboxylic acids is 1. The van der Waals surface area contributed by atoms with Crippen molar-refractivity contribution in [3.63, 3.8) is 0 Å². The molecule has 0 aliphatic carbocycles. The fraction of sp³-hybridized carbons (Fsp3) is 0.522. The lowest BCUT2D eigenvalue weighted by Crippen LogP contribution is -2.38. The van der Waals surface area contributed by atoms with Gasteiger partial charge < -0.3 is 14.8 Å². The normalized spacial score (nSPS) is 16.6. The summed E-state index contributed by atoms with van der Waals surface area (Å²) in [6.45, 7) is 9.21. The quantitative estimate of drug-likeness (QED) is 0.661. The van der Waals surface area contributed by atoms with Crippen LogP contribution in [0.1, 0.15) is 32.3 Å². The van der Waals surface area contributed by atoms with Gasteiger partial charge in [-0.15, -0.1) is 0 Å². The number of ether oxygens (including phenoxy) is 2. The summed E-state index contributed by atoms with van der Waals surface area (Å²) in [5.74, 6) is 2.11. The number of morpholine rings is 1. The Morgan fingerprint density at radius 1 is 1.23 bits per heavy atom. The summed E-state index contributed by atoms with van der Waals surface area (Å²) in [6, 6.07) is 7.95. The van der Waals surface area contributed by atoms with Crippen molar-refractivity contribution in [2.24, 2.45) is 0 Å². The van der Waals surface area contributed by atoms with E-state index in [1.807, 2.05) is 29.2 Å². The topological polar surface area (TPSA) is 79.8 Å². The predicted molar refractivity (Wildman–Crippen MR) is 120 cm³/mol. The second-order valence-electron chi connectivity index (χ2n) is 7.91. The van der Waals surface area contributed by atoms with E-state index < -0.39 is 0 Å². The molecule has 2 aliphatic rings. The Morgan fingerprint density at radius 3 is 2.81 bits per heavy atom. The molecular formula is C23H31N5O3. The minimum absolute atomic E-state index is 0.103. The molecule has 1 aromatic carbocycles. The molecule has 0 saturated carbocycles. The average molecular weight is 426 g/mol. The zero-order chi connectivity index (χ0) is 21.6. The molecule has 8 heteroatoms. The second kappa shape index (κ2) is 10.1. The monoisotopic (exact) mass is 425 g/mol. The summed E-state index contributed by atoms with van der Waals surface area (Å²) >= 11 is 0. The van der Waals surface area contributed by atoms with E-state index in [-0.39, 0.29) is 11.9 Å². The molecule has 8 nitrogen and oxygen atoms in total. The number of carbonyl (C=O) groups is 1. The number of aromatic nitrogens is 2. The first kappa shape index (κ1) is 21.5. The molecule has 1 aromatic heterocycles. The first-order valence-corrected chi connectivity index (χ1v) is 11.2. The van der Waals surface area contributed by atoms with E-state index in [0.717, 1.165) is 68.5 Å². The summed E-state index contributed by atoms with van der Waals surface area (Å²) in [5.41, 5.74) is 1.74. The number of fused-ring (bicyclic) bond motifs is 1. The van der Waals surface area contributed by atoms with Gasteiger partial charge in [0.2, 0.25) is 11.9 Å². The van der Waals surface area contributed by atoms with Crippen molar-refractivity contribution in [1.82, 2.24) is 14.9 Å². The number of nitrogens with zero attached hydrogens (tertiary/aromatic N) is 4. The Kier molecular flexibility index (Phi) is 6.99. The van der Waals surface area contributed by atoms with E-state index in [4.69, 9.17) is 9.47 Å². The van der Waals surface area contributed by atoms with E-state index in [9.17, 15) is 4.79 Å². The third-order valence-corrected chi connectivity index (χ3v) is 5.86. The lowest BCUT2D eigenvalue weighted by atomic mass is 10.1. The van der Waals surface area contributed by atoms with Gasteiger partial charge in [-0.25, -0.2) is 4.98 Å². The van der Waals surface area contributed by atoms with E-state index in [0.29, 0.717) is 19.0 Å². The Balaban J connectivity index is 1.40. The molecule has 1 fully saturated rings. The second-order valence-corrected chi connectivity index (χ2v) is 7.91. The highest BCUT2D eigenvalue weighted by atomic mass is 16.5. The Morgan fingerprint density at radius 2 is 2.03 bits per heavy atom. The van der Waals surface area contributed by atoms with Crippen LogP contribution in [-0.4, -0.2) is 66.3 Å². The Labute approximate surface area is 183 Å². The molecule has 0 spiro atoms. The van der Waals surface area contributed by atoms with Crippen molar-refractivity contribution >= 4 is 23.4 Å². The number of rotatable bonds is 9. The van der Waals surface area contributed by atoms with Crippen molar-refractivity contribution in [3.05, 3.63) is 36.0 Å². The highest BCUT2D eigenvalue weighted by molar-refractivity contribution is 6.00. The number of nitrogens with one attached hydrogen (secondary N) is 1. The van der Waals surface area contributed by atoms with E-state index >= 15 is 0 Å². The standard InChI is InChI=1S/C23H31N5O3/c1-3-19(4-2)28-21(29)14-17-16-24-23(26-22(17)28)25-18-6-5-7-20(15-18)31-13-10-27-8-11-30-12-9-27/h5-7,15-16,19H,3-4,8-14H2,1-2H3,(H,24,25,26). The van der Waals surface area contributed by atoms with E-state index in [1.54, 1.807) is 6.20 Å². The van der Waals surface area contributed by atoms with Crippen LogP contribution in [0.5, 0.6) is 5.75 Å². The van der Waals surface area contributed by atoms with E-state index in [1.165, 1.54) is 0 Å². The van der Waals surface area contributed by atoms with Crippen LogP contribution in [0.2, 0.25) is 0 Å². The summed E-state index contributed by atoms with van der Waals surface area (Å²) in [6.07, 6.45) is 3.93. The fourth-order valence-corrected chi connectivity index (χ4v) is 4.10. The molecule has 1 N–H and O–H groups in total. The van der Waals surface area contributed by atoms with Crippen LogP contribution in [0.15, 0.2) is 30.5 Å². The maximum Gasteiger partial charge on any atom is 0.233 e. The maximum absolute atomic E-state index is 12.5. The van der Waals surface area contributed by atoms with Gasteiger partial charge >= 0.3 is 0 Å². The van der Waals surface area contributed by atoms with Gasteiger partial charge in [-0.1, -0.05) is 19.9 Å². The minimum Gasteiger partial charge on any atom is -0.492 e. The van der Waals surface area contributed by atoms with Crippen LogP contribution in [0, 0.1) is 0 Å². The SMILES string of the molecule is CCC(CC)N1C(=O)Cc2cnc(Nc3cccc(OCCN4CCOCC4)c3)nc21. The maximum atomic E-state index is 12.5. The highest BCUT2D eigenvalue weighted by Gasteiger charge is 2.33. The molecule has 2 aliphatic heterocycles. The van der Waals surface area contributed by atoms with Crippen LogP contribution in [-0.2, 0) is 16.0 Å². The first-order chi connectivity index (χ1) is 15.2. The van der Waals surface area contributed by atoms with Crippen LogP contribution < -0.4 is 15.0 Å². The van der Waals surface area contributed by atoms with Crippen molar-refractivity contribution < 1.29 is 14.3 Å². The fourth-order valence-electron chi connectivity index (χ4n) is 4.10. The van der Waals surface area contributed by atoms with Gasteiger partial charge in [0.25, 0.3) is 0 Å². The van der Waals surface area contributed by atoms with Crippen LogP contribution in [0.3, 0.4) is 0 Å². The lowest BCUT2D eigenvalue weighted by molar-refractivity contribution is -0.117. The smallest absolute Gasteiger partial charge is 0.233 e. The van der Waals surface area contributed by atoms with Gasteiger partial charge in [0.1, 0.15) is 18.2 Å². The molecule has 0 bridgehead atoms. The summed E-state index contributed by atoms with van der Waals surface area (Å²) in [4.78, 5) is 25.8. The van der Waals surface area contributed by atoms with Crippen molar-refractivity contribution in [1.29, 1.82) is 0 Å². The molecule has 1 amide bonds.